The second-order valence-corrected chi connectivity index (χ2v) is 16.2. The maximum Gasteiger partial charge on any atom is 0.164 e. The van der Waals surface area contributed by atoms with Gasteiger partial charge in [-0.1, -0.05) is 200 Å². The first-order valence-electron chi connectivity index (χ1n) is 21.2. The van der Waals surface area contributed by atoms with Crippen molar-refractivity contribution in [1.29, 1.82) is 5.26 Å². The third kappa shape index (κ3) is 5.86. The second-order valence-electron chi connectivity index (χ2n) is 16.2. The van der Waals surface area contributed by atoms with E-state index in [9.17, 15) is 5.26 Å². The first-order valence-corrected chi connectivity index (χ1v) is 21.2. The van der Waals surface area contributed by atoms with Gasteiger partial charge in [-0.2, -0.15) is 5.26 Å². The van der Waals surface area contributed by atoms with Crippen LogP contribution < -0.4 is 0 Å². The van der Waals surface area contributed by atoms with Gasteiger partial charge >= 0.3 is 0 Å². The highest BCUT2D eigenvalue weighted by atomic mass is 15.0. The van der Waals surface area contributed by atoms with Gasteiger partial charge in [0.2, 0.25) is 0 Å². The largest absolute Gasteiger partial charge is 0.208 e. The van der Waals surface area contributed by atoms with E-state index in [1.165, 1.54) is 38.9 Å². The van der Waals surface area contributed by atoms with Crippen LogP contribution in [0.2, 0.25) is 0 Å². The summed E-state index contributed by atoms with van der Waals surface area (Å²) in [5, 5.41) is 10.1. The summed E-state index contributed by atoms with van der Waals surface area (Å²) in [5.74, 6) is 1.84. The molecule has 292 valence electrons. The topological polar surface area (TPSA) is 62.5 Å². The van der Waals surface area contributed by atoms with E-state index in [1.54, 1.807) is 0 Å². The highest BCUT2D eigenvalue weighted by Gasteiger charge is 2.51. The highest BCUT2D eigenvalue weighted by Crippen LogP contribution is 2.63. The van der Waals surface area contributed by atoms with Gasteiger partial charge in [0.15, 0.2) is 17.5 Å². The van der Waals surface area contributed by atoms with Gasteiger partial charge in [0, 0.05) is 16.7 Å². The van der Waals surface area contributed by atoms with Gasteiger partial charge in [-0.05, 0) is 96.1 Å². The normalized spacial score (nSPS) is 12.6. The van der Waals surface area contributed by atoms with E-state index in [-0.39, 0.29) is 0 Å². The number of benzene rings is 9. The molecule has 0 radical (unpaired) electrons. The minimum atomic E-state index is -0.545. The Morgan fingerprint density at radius 3 is 1.08 bits per heavy atom. The molecule has 1 heterocycles. The molecule has 0 aliphatic heterocycles. The fourth-order valence-electron chi connectivity index (χ4n) is 9.85. The highest BCUT2D eigenvalue weighted by molar-refractivity contribution is 5.96. The predicted molar refractivity (Wildman–Crippen MR) is 253 cm³/mol. The molecule has 0 unspecified atom stereocenters. The summed E-state index contributed by atoms with van der Waals surface area (Å²) in [6.07, 6.45) is 0. The van der Waals surface area contributed by atoms with Crippen molar-refractivity contribution in [1.82, 2.24) is 15.0 Å². The van der Waals surface area contributed by atoms with Crippen LogP contribution in [0.3, 0.4) is 0 Å². The molecule has 1 spiro atoms. The molecule has 4 heteroatoms. The molecule has 0 bridgehead atoms. The fourth-order valence-corrected chi connectivity index (χ4v) is 9.85. The molecule has 9 aromatic carbocycles. The molecule has 0 saturated heterocycles. The molecule has 2 aliphatic rings. The lowest BCUT2D eigenvalue weighted by Gasteiger charge is -2.30. The summed E-state index contributed by atoms with van der Waals surface area (Å²) in [6.45, 7) is 0. The monoisotopic (exact) mass is 800 g/mol. The number of hydrogen-bond donors (Lipinski definition) is 0. The Morgan fingerprint density at radius 2 is 0.619 bits per heavy atom. The number of aromatic nitrogens is 3. The van der Waals surface area contributed by atoms with Gasteiger partial charge in [-0.25, -0.2) is 15.0 Å². The molecule has 0 N–H and O–H groups in total. The first-order chi connectivity index (χ1) is 31.2. The van der Waals surface area contributed by atoms with Gasteiger partial charge in [0.1, 0.15) is 0 Å². The van der Waals surface area contributed by atoms with Gasteiger partial charge in [0.05, 0.1) is 17.0 Å². The van der Waals surface area contributed by atoms with Crippen molar-refractivity contribution < 1.29 is 0 Å². The lowest BCUT2D eigenvalue weighted by molar-refractivity contribution is 0.793. The average Bonchev–Trinajstić information content (AvgIpc) is 3.83. The van der Waals surface area contributed by atoms with Crippen LogP contribution in [0.15, 0.2) is 218 Å². The van der Waals surface area contributed by atoms with E-state index in [0.717, 1.165) is 55.6 Å². The molecular weight excluding hydrogens is 765 g/mol. The maximum atomic E-state index is 10.1. The second kappa shape index (κ2) is 14.6. The van der Waals surface area contributed by atoms with E-state index in [4.69, 9.17) is 15.0 Å². The Morgan fingerprint density at radius 1 is 0.286 bits per heavy atom. The first kappa shape index (κ1) is 36.3. The standard InChI is InChI=1S/C59H36N4/c60-37-38-19-33-50-51-34-32-47(36-55(51)59(54(50)35-38)52-17-9-7-15-48(52)49-16-8-10-18-53(49)59)43-24-30-46(31-25-43)58-62-56(44-26-20-41(21-27-44)39-11-3-1-4-12-39)61-57(63-58)45-28-22-42(23-29-45)40-13-5-2-6-14-40/h1-36H. The van der Waals surface area contributed by atoms with E-state index in [0.29, 0.717) is 23.0 Å². The summed E-state index contributed by atoms with van der Waals surface area (Å²) in [4.78, 5) is 15.3. The summed E-state index contributed by atoms with van der Waals surface area (Å²) < 4.78 is 0. The molecule has 0 amide bonds. The smallest absolute Gasteiger partial charge is 0.164 e. The van der Waals surface area contributed by atoms with Crippen LogP contribution in [0.4, 0.5) is 0 Å². The SMILES string of the molecule is N#Cc1ccc2c(c1)C1(c3ccccc3-c3ccccc31)c1cc(-c3ccc(-c4nc(-c5ccc(-c6ccccc6)cc5)nc(-c5ccc(-c6ccccc6)cc5)n4)cc3)ccc1-2. The van der Waals surface area contributed by atoms with Crippen LogP contribution in [0.5, 0.6) is 0 Å². The van der Waals surface area contributed by atoms with Crippen molar-refractivity contribution in [2.45, 2.75) is 5.41 Å². The minimum absolute atomic E-state index is 0.545. The van der Waals surface area contributed by atoms with Gasteiger partial charge in [0.25, 0.3) is 0 Å². The molecular formula is C59H36N4. The van der Waals surface area contributed by atoms with Crippen molar-refractivity contribution >= 4 is 0 Å². The van der Waals surface area contributed by atoms with Crippen molar-refractivity contribution in [3.63, 3.8) is 0 Å². The van der Waals surface area contributed by atoms with Crippen LogP contribution >= 0.6 is 0 Å². The van der Waals surface area contributed by atoms with Crippen LogP contribution in [0.1, 0.15) is 27.8 Å². The molecule has 2 aliphatic carbocycles. The lowest BCUT2D eigenvalue weighted by Crippen LogP contribution is -2.26. The Balaban J connectivity index is 0.953. The van der Waals surface area contributed by atoms with Crippen molar-refractivity contribution in [3.8, 4) is 95.9 Å². The quantitative estimate of drug-likeness (QED) is 0.168. The zero-order chi connectivity index (χ0) is 41.9. The van der Waals surface area contributed by atoms with Crippen molar-refractivity contribution in [2.24, 2.45) is 0 Å². The van der Waals surface area contributed by atoms with Gasteiger partial charge in [-0.3, -0.25) is 0 Å². The third-order valence-electron chi connectivity index (χ3n) is 12.8. The Labute approximate surface area is 366 Å². The lowest BCUT2D eigenvalue weighted by atomic mass is 9.70. The molecule has 0 saturated carbocycles. The van der Waals surface area contributed by atoms with Crippen LogP contribution in [-0.4, -0.2) is 15.0 Å². The van der Waals surface area contributed by atoms with E-state index >= 15 is 0 Å². The average molecular weight is 801 g/mol. The summed E-state index contributed by atoms with van der Waals surface area (Å²) >= 11 is 0. The molecule has 1 aromatic heterocycles. The fraction of sp³-hybridized carbons (Fsp3) is 0.0169. The zero-order valence-corrected chi connectivity index (χ0v) is 34.1. The van der Waals surface area contributed by atoms with Crippen LogP contribution in [0.25, 0.3) is 89.8 Å². The molecule has 0 atom stereocenters. The number of rotatable bonds is 6. The number of nitrogens with zero attached hydrogens (tertiary/aromatic N) is 4. The van der Waals surface area contributed by atoms with E-state index in [1.807, 2.05) is 18.2 Å². The molecule has 0 fully saturated rings. The van der Waals surface area contributed by atoms with Crippen molar-refractivity contribution in [2.75, 3.05) is 0 Å². The Hall–Kier alpha value is -8.52. The zero-order valence-electron chi connectivity index (χ0n) is 34.1. The summed E-state index contributed by atoms with van der Waals surface area (Å²) in [6, 6.07) is 79.2. The number of fused-ring (bicyclic) bond motifs is 10. The van der Waals surface area contributed by atoms with E-state index < -0.39 is 5.41 Å². The summed E-state index contributed by atoms with van der Waals surface area (Å²) in [5.41, 5.74) is 19.4. The third-order valence-corrected chi connectivity index (χ3v) is 12.8. The van der Waals surface area contributed by atoms with Gasteiger partial charge in [-0.15, -0.1) is 0 Å². The van der Waals surface area contributed by atoms with Gasteiger partial charge < -0.3 is 0 Å². The predicted octanol–water partition coefficient (Wildman–Crippen LogP) is 14.1. The Kier molecular flexibility index (Phi) is 8.42. The summed E-state index contributed by atoms with van der Waals surface area (Å²) in [7, 11) is 0. The van der Waals surface area contributed by atoms with Crippen molar-refractivity contribution in [3.05, 3.63) is 246 Å². The minimum Gasteiger partial charge on any atom is -0.208 e. The van der Waals surface area contributed by atoms with Crippen LogP contribution in [0, 0.1) is 11.3 Å². The van der Waals surface area contributed by atoms with E-state index in [2.05, 4.69) is 206 Å². The molecule has 4 nitrogen and oxygen atoms in total. The molecule has 12 rings (SSSR count). The maximum absolute atomic E-state index is 10.1. The Bertz CT molecular complexity index is 3280. The molecule has 63 heavy (non-hydrogen) atoms. The number of hydrogen-bond acceptors (Lipinski definition) is 4. The number of nitriles is 1. The van der Waals surface area contributed by atoms with Crippen LogP contribution in [-0.2, 0) is 5.41 Å². The molecule has 10 aromatic rings.